The van der Waals surface area contributed by atoms with Gasteiger partial charge in [0.15, 0.2) is 0 Å². The fourth-order valence-electron chi connectivity index (χ4n) is 2.59. The van der Waals surface area contributed by atoms with Crippen LogP contribution in [0.1, 0.15) is 80.6 Å². The summed E-state index contributed by atoms with van der Waals surface area (Å²) < 4.78 is 0. The molecule has 2 unspecified atom stereocenters. The van der Waals surface area contributed by atoms with Crippen LogP contribution in [-0.4, -0.2) is 5.25 Å². The van der Waals surface area contributed by atoms with E-state index in [2.05, 4.69) is 48.5 Å². The van der Waals surface area contributed by atoms with Gasteiger partial charge in [0.2, 0.25) is 0 Å². The van der Waals surface area contributed by atoms with Gasteiger partial charge < -0.3 is 0 Å². The first kappa shape index (κ1) is 17.4. The molecule has 0 aromatic heterocycles. The van der Waals surface area contributed by atoms with Gasteiger partial charge in [-0.2, -0.15) is 12.6 Å². The van der Waals surface area contributed by atoms with E-state index in [-0.39, 0.29) is 0 Å². The van der Waals surface area contributed by atoms with Crippen molar-refractivity contribution in [2.45, 2.75) is 85.8 Å². The van der Waals surface area contributed by atoms with Crippen molar-refractivity contribution in [3.63, 3.8) is 0 Å². The molecule has 0 aromatic carbocycles. The van der Waals surface area contributed by atoms with Crippen LogP contribution < -0.4 is 0 Å². The second kappa shape index (κ2) is 7.07. The van der Waals surface area contributed by atoms with E-state index in [4.69, 9.17) is 12.6 Å². The van der Waals surface area contributed by atoms with Gasteiger partial charge in [0.1, 0.15) is 0 Å². The van der Waals surface area contributed by atoms with Crippen molar-refractivity contribution in [2.75, 3.05) is 0 Å². The Hall–Kier alpha value is 0.350. The highest BCUT2D eigenvalue weighted by atomic mass is 32.1. The van der Waals surface area contributed by atoms with E-state index in [0.717, 1.165) is 5.92 Å². The lowest BCUT2D eigenvalue weighted by atomic mass is 9.66. The molecule has 0 rings (SSSR count). The molecule has 0 bridgehead atoms. The standard InChI is InChI=1S/C16H34S/c1-8-14(17)12-16(9-2,13(3)4)11-10-15(5,6)7/h13-14,17H,8-12H2,1-7H3. The van der Waals surface area contributed by atoms with Gasteiger partial charge >= 0.3 is 0 Å². The Kier molecular flexibility index (Phi) is 7.21. The van der Waals surface area contributed by atoms with E-state index < -0.39 is 0 Å². The molecule has 0 aliphatic carbocycles. The zero-order valence-corrected chi connectivity index (χ0v) is 14.0. The minimum Gasteiger partial charge on any atom is -0.176 e. The van der Waals surface area contributed by atoms with E-state index in [1.165, 1.54) is 32.1 Å². The van der Waals surface area contributed by atoms with Crippen molar-refractivity contribution >= 4 is 12.6 Å². The number of hydrogen-bond acceptors (Lipinski definition) is 1. The van der Waals surface area contributed by atoms with Crippen molar-refractivity contribution in [1.82, 2.24) is 0 Å². The minimum atomic E-state index is 0.452. The lowest BCUT2D eigenvalue weighted by Gasteiger charge is -2.40. The minimum absolute atomic E-state index is 0.452. The van der Waals surface area contributed by atoms with Crippen LogP contribution in [0.5, 0.6) is 0 Å². The first-order valence-electron chi connectivity index (χ1n) is 7.35. The molecule has 0 saturated carbocycles. The molecule has 2 atom stereocenters. The summed E-state index contributed by atoms with van der Waals surface area (Å²) in [6.07, 6.45) is 6.42. The Labute approximate surface area is 115 Å². The van der Waals surface area contributed by atoms with Crippen molar-refractivity contribution in [3.05, 3.63) is 0 Å². The first-order valence-corrected chi connectivity index (χ1v) is 7.86. The van der Waals surface area contributed by atoms with Crippen molar-refractivity contribution < 1.29 is 0 Å². The van der Waals surface area contributed by atoms with Gasteiger partial charge in [0.05, 0.1) is 0 Å². The van der Waals surface area contributed by atoms with Gasteiger partial charge in [-0.05, 0) is 42.4 Å². The lowest BCUT2D eigenvalue weighted by molar-refractivity contribution is 0.121. The van der Waals surface area contributed by atoms with E-state index in [1.54, 1.807) is 0 Å². The molecule has 0 aliphatic heterocycles. The van der Waals surface area contributed by atoms with Crippen LogP contribution in [0.25, 0.3) is 0 Å². The molecule has 0 nitrogen and oxygen atoms in total. The average Bonchev–Trinajstić information content (AvgIpc) is 2.22. The van der Waals surface area contributed by atoms with Gasteiger partial charge in [-0.3, -0.25) is 0 Å². The summed E-state index contributed by atoms with van der Waals surface area (Å²) in [6.45, 7) is 16.5. The van der Waals surface area contributed by atoms with Crippen LogP contribution in [0.4, 0.5) is 0 Å². The zero-order valence-electron chi connectivity index (χ0n) is 13.1. The van der Waals surface area contributed by atoms with Crippen LogP contribution in [-0.2, 0) is 0 Å². The third kappa shape index (κ3) is 6.18. The zero-order chi connectivity index (χ0) is 13.7. The quantitative estimate of drug-likeness (QED) is 0.535. The highest BCUT2D eigenvalue weighted by molar-refractivity contribution is 7.80. The average molecular weight is 259 g/mol. The molecular weight excluding hydrogens is 224 g/mol. The number of thiol groups is 1. The summed E-state index contributed by atoms with van der Waals surface area (Å²) in [5.41, 5.74) is 0.948. The Morgan fingerprint density at radius 2 is 1.53 bits per heavy atom. The molecule has 0 saturated heterocycles. The fraction of sp³-hybridized carbons (Fsp3) is 1.00. The molecule has 0 radical (unpaired) electrons. The van der Waals surface area contributed by atoms with Gasteiger partial charge in [-0.1, -0.05) is 54.9 Å². The molecule has 104 valence electrons. The van der Waals surface area contributed by atoms with Crippen LogP contribution in [0.15, 0.2) is 0 Å². The second-order valence-corrected chi connectivity index (χ2v) is 7.93. The summed E-state index contributed by atoms with van der Waals surface area (Å²) in [4.78, 5) is 0. The second-order valence-electron chi connectivity index (χ2n) is 7.20. The fourth-order valence-corrected chi connectivity index (χ4v) is 2.96. The maximum absolute atomic E-state index is 4.74. The van der Waals surface area contributed by atoms with Crippen molar-refractivity contribution in [1.29, 1.82) is 0 Å². The predicted molar refractivity (Wildman–Crippen MR) is 83.9 cm³/mol. The van der Waals surface area contributed by atoms with Crippen LogP contribution >= 0.6 is 12.6 Å². The van der Waals surface area contributed by atoms with Crippen LogP contribution in [0.2, 0.25) is 0 Å². The molecular formula is C16H34S. The van der Waals surface area contributed by atoms with Crippen LogP contribution in [0, 0.1) is 16.7 Å². The Morgan fingerprint density at radius 3 is 1.82 bits per heavy atom. The van der Waals surface area contributed by atoms with Gasteiger partial charge in [-0.15, -0.1) is 0 Å². The smallest absolute Gasteiger partial charge is 0.00195 e. The largest absolute Gasteiger partial charge is 0.176 e. The Bertz CT molecular complexity index is 202. The molecule has 0 N–H and O–H groups in total. The van der Waals surface area contributed by atoms with E-state index in [0.29, 0.717) is 16.1 Å². The van der Waals surface area contributed by atoms with Crippen molar-refractivity contribution in [3.8, 4) is 0 Å². The topological polar surface area (TPSA) is 0 Å². The van der Waals surface area contributed by atoms with Gasteiger partial charge in [-0.25, -0.2) is 0 Å². The summed E-state index contributed by atoms with van der Waals surface area (Å²) in [6, 6.07) is 0. The molecule has 0 heterocycles. The summed E-state index contributed by atoms with van der Waals surface area (Å²) in [7, 11) is 0. The summed E-state index contributed by atoms with van der Waals surface area (Å²) in [5, 5.41) is 0.567. The summed E-state index contributed by atoms with van der Waals surface area (Å²) >= 11 is 4.74. The lowest BCUT2D eigenvalue weighted by Crippen LogP contribution is -2.31. The van der Waals surface area contributed by atoms with E-state index in [1.807, 2.05) is 0 Å². The highest BCUT2D eigenvalue weighted by Gasteiger charge is 2.34. The van der Waals surface area contributed by atoms with Gasteiger partial charge in [0, 0.05) is 5.25 Å². The molecule has 1 heteroatoms. The maximum Gasteiger partial charge on any atom is 0.00195 e. The normalized spacial score (nSPS) is 18.2. The maximum atomic E-state index is 4.74. The SMILES string of the molecule is CCC(S)CC(CC)(CCC(C)(C)C)C(C)C. The molecule has 0 fully saturated rings. The first-order chi connectivity index (χ1) is 7.67. The monoisotopic (exact) mass is 258 g/mol. The molecule has 0 amide bonds. The highest BCUT2D eigenvalue weighted by Crippen LogP contribution is 2.44. The third-order valence-corrected chi connectivity index (χ3v) is 4.96. The predicted octanol–water partition coefficient (Wildman–Crippen LogP) is 5.96. The Balaban J connectivity index is 4.71. The van der Waals surface area contributed by atoms with E-state index >= 15 is 0 Å². The van der Waals surface area contributed by atoms with Gasteiger partial charge in [0.25, 0.3) is 0 Å². The summed E-state index contributed by atoms with van der Waals surface area (Å²) in [5.74, 6) is 0.760. The third-order valence-electron chi connectivity index (χ3n) is 4.42. The molecule has 17 heavy (non-hydrogen) atoms. The molecule has 0 spiro atoms. The number of rotatable bonds is 7. The Morgan fingerprint density at radius 1 is 1.00 bits per heavy atom. The number of hydrogen-bond donors (Lipinski definition) is 1. The van der Waals surface area contributed by atoms with E-state index in [9.17, 15) is 0 Å². The van der Waals surface area contributed by atoms with Crippen molar-refractivity contribution in [2.24, 2.45) is 16.7 Å². The van der Waals surface area contributed by atoms with Crippen LogP contribution in [0.3, 0.4) is 0 Å². The molecule has 0 aromatic rings. The molecule has 0 aliphatic rings.